The molecule has 5 atom stereocenters. The van der Waals surface area contributed by atoms with Crippen molar-refractivity contribution in [3.05, 3.63) is 48.1 Å². The third-order valence-corrected chi connectivity index (χ3v) is 15.9. The average molecular weight is 607 g/mol. The second kappa shape index (κ2) is 13.0. The van der Waals surface area contributed by atoms with E-state index < -0.39 is 18.2 Å². The summed E-state index contributed by atoms with van der Waals surface area (Å²) in [5, 5.41) is 3.21. The molecule has 0 aliphatic carbocycles. The number of thiazole rings is 1. The molecule has 222 valence electrons. The van der Waals surface area contributed by atoms with Crippen LogP contribution >= 0.6 is 11.3 Å². The van der Waals surface area contributed by atoms with Gasteiger partial charge in [-0.2, -0.15) is 0 Å². The van der Waals surface area contributed by atoms with E-state index in [9.17, 15) is 13.2 Å². The standard InChI is InChI=1S/C30H46N2O5S2Si/c1-20(19-39(34,35)29-32-24-12-10-11-13-27(24)38-29)14-16-26-21(2)18-25(23(4)36-26)31-28(33)17-15-22(3)37-40(8,9)30(5,6)7/h10-15,17,21-23,25-26H,16,18-19H2,1-9H3,(H,31,33)/b17-15-,20-14+/t21-,22-,23+,25+,26-/m0/s1. The number of hydrogen-bond acceptors (Lipinski definition) is 7. The molecule has 0 spiro atoms. The van der Waals surface area contributed by atoms with E-state index in [0.717, 1.165) is 16.7 Å². The summed E-state index contributed by atoms with van der Waals surface area (Å²) in [7, 11) is -5.42. The first-order chi connectivity index (χ1) is 18.5. The number of hydrogen-bond donors (Lipinski definition) is 1. The van der Waals surface area contributed by atoms with E-state index in [4.69, 9.17) is 9.16 Å². The van der Waals surface area contributed by atoms with Crippen molar-refractivity contribution in [2.75, 3.05) is 5.75 Å². The molecular weight excluding hydrogens is 561 g/mol. The molecule has 1 N–H and O–H groups in total. The number of benzene rings is 1. The Hall–Kier alpha value is -1.85. The number of nitrogens with zero attached hydrogens (tertiary/aromatic N) is 1. The van der Waals surface area contributed by atoms with Crippen molar-refractivity contribution in [2.45, 2.75) is 108 Å². The third kappa shape index (κ3) is 8.58. The Labute approximate surface area is 245 Å². The van der Waals surface area contributed by atoms with E-state index in [1.807, 2.05) is 57.2 Å². The second-order valence-corrected chi connectivity index (χ2v) is 20.6. The number of amides is 1. The molecule has 2 aromatic rings. The first kappa shape index (κ1) is 32.7. The van der Waals surface area contributed by atoms with Gasteiger partial charge in [-0.15, -0.1) is 11.3 Å². The van der Waals surface area contributed by atoms with E-state index >= 15 is 0 Å². The van der Waals surface area contributed by atoms with Gasteiger partial charge in [0.2, 0.25) is 20.1 Å². The molecule has 0 saturated carbocycles. The van der Waals surface area contributed by atoms with Crippen LogP contribution in [0.3, 0.4) is 0 Å². The van der Waals surface area contributed by atoms with Gasteiger partial charge in [0.05, 0.1) is 40.3 Å². The number of nitrogens with one attached hydrogen (secondary N) is 1. The Balaban J connectivity index is 1.51. The van der Waals surface area contributed by atoms with Crippen molar-refractivity contribution in [2.24, 2.45) is 5.92 Å². The zero-order chi connectivity index (χ0) is 29.9. The molecule has 7 nitrogen and oxygen atoms in total. The number of carbonyl (C=O) groups is 1. The summed E-state index contributed by atoms with van der Waals surface area (Å²) in [4.78, 5) is 17.0. The Morgan fingerprint density at radius 1 is 1.27 bits per heavy atom. The average Bonchev–Trinajstić information content (AvgIpc) is 3.28. The molecule has 1 saturated heterocycles. The summed E-state index contributed by atoms with van der Waals surface area (Å²) in [6.45, 7) is 18.9. The molecule has 0 unspecified atom stereocenters. The number of fused-ring (bicyclic) bond motifs is 1. The van der Waals surface area contributed by atoms with E-state index in [-0.39, 0.29) is 51.3 Å². The highest BCUT2D eigenvalue weighted by atomic mass is 32.2. The molecule has 1 aliphatic rings. The molecule has 0 bridgehead atoms. The predicted molar refractivity (Wildman–Crippen MR) is 167 cm³/mol. The fourth-order valence-electron chi connectivity index (χ4n) is 4.57. The molecule has 1 amide bonds. The van der Waals surface area contributed by atoms with Gasteiger partial charge >= 0.3 is 0 Å². The summed E-state index contributed by atoms with van der Waals surface area (Å²) in [5.41, 5.74) is 1.48. The molecule has 40 heavy (non-hydrogen) atoms. The van der Waals surface area contributed by atoms with Crippen LogP contribution in [0.2, 0.25) is 18.1 Å². The first-order valence-corrected chi connectivity index (χ1v) is 19.4. The molecule has 0 radical (unpaired) electrons. The topological polar surface area (TPSA) is 94.6 Å². The molecular formula is C30H46N2O5S2Si. The minimum Gasteiger partial charge on any atom is -0.411 e. The summed E-state index contributed by atoms with van der Waals surface area (Å²) in [6.07, 6.45) is 6.43. The van der Waals surface area contributed by atoms with Crippen LogP contribution in [0.25, 0.3) is 10.2 Å². The highest BCUT2D eigenvalue weighted by Crippen LogP contribution is 2.37. The van der Waals surface area contributed by atoms with E-state index in [0.29, 0.717) is 11.9 Å². The second-order valence-electron chi connectivity index (χ2n) is 12.6. The lowest BCUT2D eigenvalue weighted by Gasteiger charge is -2.39. The van der Waals surface area contributed by atoms with Gasteiger partial charge in [-0.1, -0.05) is 57.6 Å². The van der Waals surface area contributed by atoms with Gasteiger partial charge in [-0.25, -0.2) is 13.4 Å². The summed E-state index contributed by atoms with van der Waals surface area (Å²) in [5.74, 6) is -0.00435. The van der Waals surface area contributed by atoms with Crippen LogP contribution < -0.4 is 5.32 Å². The maximum atomic E-state index is 13.0. The number of aromatic nitrogens is 1. The van der Waals surface area contributed by atoms with Crippen LogP contribution in [0.15, 0.2) is 52.4 Å². The van der Waals surface area contributed by atoms with Crippen LogP contribution in [-0.2, 0) is 23.8 Å². The fraction of sp³-hybridized carbons (Fsp3) is 0.600. The summed E-state index contributed by atoms with van der Waals surface area (Å²) in [6, 6.07) is 7.36. The lowest BCUT2D eigenvalue weighted by Crippen LogP contribution is -2.50. The summed E-state index contributed by atoms with van der Waals surface area (Å²) < 4.78 is 39.5. The van der Waals surface area contributed by atoms with Gasteiger partial charge in [0.1, 0.15) is 0 Å². The van der Waals surface area contributed by atoms with Crippen LogP contribution in [-0.4, -0.2) is 57.7 Å². The SMILES string of the molecule is C/C(=C\C[C@@H]1O[C@H](C)[C@H](NC(=O)/C=C\[C@H](C)O[Si](C)(C)C(C)(C)C)C[C@@H]1C)CS(=O)(=O)c1nc2ccccc2s1. The van der Waals surface area contributed by atoms with Crippen molar-refractivity contribution in [1.29, 1.82) is 0 Å². The maximum absolute atomic E-state index is 13.0. The lowest BCUT2D eigenvalue weighted by atomic mass is 9.88. The van der Waals surface area contributed by atoms with Crippen molar-refractivity contribution >= 4 is 45.6 Å². The Bertz CT molecular complexity index is 1310. The van der Waals surface area contributed by atoms with Crippen molar-refractivity contribution < 1.29 is 22.4 Å². The normalized spacial score (nSPS) is 24.0. The Morgan fingerprint density at radius 2 is 1.95 bits per heavy atom. The molecule has 1 aromatic carbocycles. The van der Waals surface area contributed by atoms with Crippen LogP contribution in [0.1, 0.15) is 61.3 Å². The van der Waals surface area contributed by atoms with Gasteiger partial charge < -0.3 is 14.5 Å². The largest absolute Gasteiger partial charge is 0.411 e. The van der Waals surface area contributed by atoms with Crippen LogP contribution in [0.5, 0.6) is 0 Å². The molecule has 1 aromatic heterocycles. The third-order valence-electron chi connectivity index (χ3n) is 8.01. The number of carbonyl (C=O) groups excluding carboxylic acids is 1. The van der Waals surface area contributed by atoms with E-state index in [1.165, 1.54) is 11.3 Å². The van der Waals surface area contributed by atoms with Crippen molar-refractivity contribution in [3.8, 4) is 0 Å². The number of para-hydroxylation sites is 1. The number of ether oxygens (including phenoxy) is 1. The fourth-order valence-corrected chi connectivity index (χ4v) is 8.66. The highest BCUT2D eigenvalue weighted by Gasteiger charge is 2.38. The summed E-state index contributed by atoms with van der Waals surface area (Å²) >= 11 is 1.21. The van der Waals surface area contributed by atoms with Gasteiger partial charge in [0.25, 0.3) is 0 Å². The minimum atomic E-state index is -3.51. The zero-order valence-corrected chi connectivity index (χ0v) is 28.0. The van der Waals surface area contributed by atoms with Gasteiger partial charge in [-0.05, 0) is 69.8 Å². The van der Waals surface area contributed by atoms with Crippen LogP contribution in [0, 0.1) is 5.92 Å². The van der Waals surface area contributed by atoms with Crippen LogP contribution in [0.4, 0.5) is 0 Å². The molecule has 1 fully saturated rings. The smallest absolute Gasteiger partial charge is 0.244 e. The monoisotopic (exact) mass is 606 g/mol. The maximum Gasteiger partial charge on any atom is 0.244 e. The Morgan fingerprint density at radius 3 is 2.60 bits per heavy atom. The highest BCUT2D eigenvalue weighted by molar-refractivity contribution is 7.93. The van der Waals surface area contributed by atoms with Gasteiger partial charge in [0, 0.05) is 6.08 Å². The predicted octanol–water partition coefficient (Wildman–Crippen LogP) is 6.67. The Kier molecular flexibility index (Phi) is 10.6. The van der Waals surface area contributed by atoms with Gasteiger partial charge in [-0.3, -0.25) is 4.79 Å². The van der Waals surface area contributed by atoms with E-state index in [2.05, 4.69) is 51.1 Å². The lowest BCUT2D eigenvalue weighted by molar-refractivity contribution is -0.123. The minimum absolute atomic E-state index is 0.0446. The first-order valence-electron chi connectivity index (χ1n) is 14.0. The molecule has 10 heteroatoms. The molecule has 3 rings (SSSR count). The van der Waals surface area contributed by atoms with Crippen molar-refractivity contribution in [1.82, 2.24) is 10.3 Å². The van der Waals surface area contributed by atoms with E-state index in [1.54, 1.807) is 6.08 Å². The zero-order valence-electron chi connectivity index (χ0n) is 25.4. The molecule has 1 aliphatic heterocycles. The number of rotatable bonds is 10. The van der Waals surface area contributed by atoms with Gasteiger partial charge in [0.15, 0.2) is 8.32 Å². The molecule has 2 heterocycles. The quantitative estimate of drug-likeness (QED) is 0.184. The number of sulfone groups is 1. The van der Waals surface area contributed by atoms with Crippen molar-refractivity contribution in [3.63, 3.8) is 0 Å².